The van der Waals surface area contributed by atoms with Crippen molar-refractivity contribution in [2.45, 2.75) is 13.8 Å². The van der Waals surface area contributed by atoms with Crippen LogP contribution < -0.4 is 0 Å². The minimum atomic E-state index is 0.865. The molecule has 4 heteroatoms. The van der Waals surface area contributed by atoms with Crippen molar-refractivity contribution >= 4 is 11.2 Å². The Kier molecular flexibility index (Phi) is 1.83. The summed E-state index contributed by atoms with van der Waals surface area (Å²) in [4.78, 5) is 8.90. The number of aryl methyl sites for hydroxylation is 2. The van der Waals surface area contributed by atoms with Gasteiger partial charge in [-0.05, 0) is 25.5 Å². The Labute approximate surface area is 92.6 Å². The van der Waals surface area contributed by atoms with Crippen LogP contribution in [0, 0.1) is 13.8 Å². The lowest BCUT2D eigenvalue weighted by Crippen LogP contribution is -1.96. The first-order chi connectivity index (χ1) is 7.75. The summed E-state index contributed by atoms with van der Waals surface area (Å²) in [6.07, 6.45) is 5.19. The zero-order chi connectivity index (χ0) is 11.1. The summed E-state index contributed by atoms with van der Waals surface area (Å²) >= 11 is 0. The van der Waals surface area contributed by atoms with Crippen LogP contribution in [0.2, 0.25) is 0 Å². The van der Waals surface area contributed by atoms with Gasteiger partial charge in [-0.1, -0.05) is 0 Å². The van der Waals surface area contributed by atoms with E-state index in [1.807, 2.05) is 36.7 Å². The van der Waals surface area contributed by atoms with Gasteiger partial charge < -0.3 is 4.42 Å². The highest BCUT2D eigenvalue weighted by Gasteiger charge is 2.10. The molecule has 0 amide bonds. The lowest BCUT2D eigenvalue weighted by molar-refractivity contribution is 0.565. The van der Waals surface area contributed by atoms with Crippen LogP contribution in [0.25, 0.3) is 16.9 Å². The average molecular weight is 213 g/mol. The van der Waals surface area contributed by atoms with Crippen LogP contribution in [0.5, 0.6) is 0 Å². The van der Waals surface area contributed by atoms with Gasteiger partial charge >= 0.3 is 0 Å². The quantitative estimate of drug-likeness (QED) is 0.624. The van der Waals surface area contributed by atoms with Crippen molar-refractivity contribution in [1.82, 2.24) is 14.5 Å². The third-order valence-electron chi connectivity index (χ3n) is 2.57. The molecule has 0 unspecified atom stereocenters. The SMILES string of the molecule is Cc1cnc2c(c1)nc(C)n2-c1ccoc1. The number of aromatic nitrogens is 3. The highest BCUT2D eigenvalue weighted by Crippen LogP contribution is 2.20. The highest BCUT2D eigenvalue weighted by molar-refractivity contribution is 5.74. The number of rotatable bonds is 1. The largest absolute Gasteiger partial charge is 0.470 e. The molecule has 16 heavy (non-hydrogen) atoms. The Balaban J connectivity index is 2.36. The van der Waals surface area contributed by atoms with Crippen molar-refractivity contribution in [3.05, 3.63) is 42.2 Å². The second-order valence-electron chi connectivity index (χ2n) is 3.83. The van der Waals surface area contributed by atoms with Crippen molar-refractivity contribution in [2.75, 3.05) is 0 Å². The van der Waals surface area contributed by atoms with E-state index in [1.54, 1.807) is 12.5 Å². The van der Waals surface area contributed by atoms with Crippen LogP contribution in [-0.2, 0) is 0 Å². The van der Waals surface area contributed by atoms with Crippen LogP contribution >= 0.6 is 0 Å². The number of imidazole rings is 1. The van der Waals surface area contributed by atoms with E-state index in [9.17, 15) is 0 Å². The van der Waals surface area contributed by atoms with Gasteiger partial charge in [0.25, 0.3) is 0 Å². The number of hydrogen-bond acceptors (Lipinski definition) is 3. The lowest BCUT2D eigenvalue weighted by Gasteiger charge is -2.01. The van der Waals surface area contributed by atoms with Gasteiger partial charge in [-0.25, -0.2) is 9.97 Å². The Morgan fingerprint density at radius 2 is 2.19 bits per heavy atom. The summed E-state index contributed by atoms with van der Waals surface area (Å²) < 4.78 is 7.07. The van der Waals surface area contributed by atoms with Gasteiger partial charge in [0.05, 0.1) is 12.0 Å². The van der Waals surface area contributed by atoms with Crippen molar-refractivity contribution < 1.29 is 4.42 Å². The lowest BCUT2D eigenvalue weighted by atomic mass is 10.3. The standard InChI is InChI=1S/C12H11N3O/c1-8-5-11-12(13-6-8)15(9(2)14-11)10-3-4-16-7-10/h3-7H,1-2H3. The smallest absolute Gasteiger partial charge is 0.164 e. The molecule has 3 aromatic rings. The van der Waals surface area contributed by atoms with Crippen LogP contribution in [0.1, 0.15) is 11.4 Å². The van der Waals surface area contributed by atoms with Crippen LogP contribution in [0.4, 0.5) is 0 Å². The minimum absolute atomic E-state index is 0.865. The molecule has 0 saturated heterocycles. The normalized spacial score (nSPS) is 11.1. The monoisotopic (exact) mass is 213 g/mol. The fraction of sp³-hybridized carbons (Fsp3) is 0.167. The second kappa shape index (κ2) is 3.20. The minimum Gasteiger partial charge on any atom is -0.470 e. The van der Waals surface area contributed by atoms with E-state index in [4.69, 9.17) is 4.42 Å². The van der Waals surface area contributed by atoms with Gasteiger partial charge in [-0.3, -0.25) is 4.57 Å². The first-order valence-electron chi connectivity index (χ1n) is 5.10. The summed E-state index contributed by atoms with van der Waals surface area (Å²) in [6, 6.07) is 3.93. The molecule has 0 radical (unpaired) electrons. The number of fused-ring (bicyclic) bond motifs is 1. The Hall–Kier alpha value is -2.10. The van der Waals surface area contributed by atoms with Crippen molar-refractivity contribution in [3.63, 3.8) is 0 Å². The fourth-order valence-corrected chi connectivity index (χ4v) is 1.87. The molecule has 80 valence electrons. The predicted molar refractivity (Wildman–Crippen MR) is 60.6 cm³/mol. The summed E-state index contributed by atoms with van der Waals surface area (Å²) in [5.41, 5.74) is 3.85. The molecule has 0 aliphatic carbocycles. The highest BCUT2D eigenvalue weighted by atomic mass is 16.3. The Morgan fingerprint density at radius 3 is 2.94 bits per heavy atom. The number of nitrogens with zero attached hydrogens (tertiary/aromatic N) is 3. The molecular weight excluding hydrogens is 202 g/mol. The van der Waals surface area contributed by atoms with E-state index in [2.05, 4.69) is 9.97 Å². The van der Waals surface area contributed by atoms with Gasteiger partial charge in [-0.15, -0.1) is 0 Å². The van der Waals surface area contributed by atoms with Gasteiger partial charge in [0.15, 0.2) is 5.65 Å². The predicted octanol–water partition coefficient (Wildman–Crippen LogP) is 2.63. The third kappa shape index (κ3) is 1.23. The maximum absolute atomic E-state index is 5.09. The third-order valence-corrected chi connectivity index (χ3v) is 2.57. The molecule has 0 aliphatic heterocycles. The van der Waals surface area contributed by atoms with E-state index in [1.165, 1.54) is 0 Å². The molecule has 3 aromatic heterocycles. The zero-order valence-electron chi connectivity index (χ0n) is 9.14. The maximum Gasteiger partial charge on any atom is 0.164 e. The van der Waals surface area contributed by atoms with Crippen LogP contribution in [-0.4, -0.2) is 14.5 Å². The summed E-state index contributed by atoms with van der Waals surface area (Å²) in [5, 5.41) is 0. The zero-order valence-corrected chi connectivity index (χ0v) is 9.14. The first kappa shape index (κ1) is 9.15. The number of furan rings is 1. The maximum atomic E-state index is 5.09. The summed E-state index contributed by atoms with van der Waals surface area (Å²) in [6.45, 7) is 3.97. The molecule has 0 saturated carbocycles. The fourth-order valence-electron chi connectivity index (χ4n) is 1.87. The molecule has 0 atom stereocenters. The van der Waals surface area contributed by atoms with Gasteiger partial charge in [0.1, 0.15) is 17.6 Å². The molecule has 0 fully saturated rings. The Morgan fingerprint density at radius 1 is 1.31 bits per heavy atom. The van der Waals surface area contributed by atoms with E-state index in [0.29, 0.717) is 0 Å². The molecule has 0 bridgehead atoms. The Bertz CT molecular complexity index is 638. The van der Waals surface area contributed by atoms with Crippen LogP contribution in [0.15, 0.2) is 35.3 Å². The molecule has 0 N–H and O–H groups in total. The number of hydrogen-bond donors (Lipinski definition) is 0. The molecule has 3 heterocycles. The number of pyridine rings is 1. The summed E-state index contributed by atoms with van der Waals surface area (Å²) in [7, 11) is 0. The molecule has 0 spiro atoms. The molecule has 0 aliphatic rings. The van der Waals surface area contributed by atoms with Gasteiger partial charge in [-0.2, -0.15) is 0 Å². The van der Waals surface area contributed by atoms with E-state index < -0.39 is 0 Å². The van der Waals surface area contributed by atoms with Crippen molar-refractivity contribution in [3.8, 4) is 5.69 Å². The topological polar surface area (TPSA) is 43.9 Å². The van der Waals surface area contributed by atoms with Crippen molar-refractivity contribution in [2.24, 2.45) is 0 Å². The van der Waals surface area contributed by atoms with E-state index in [0.717, 1.165) is 28.2 Å². The molecular formula is C12H11N3O. The molecule has 3 rings (SSSR count). The summed E-state index contributed by atoms with van der Waals surface area (Å²) in [5.74, 6) is 0.912. The first-order valence-corrected chi connectivity index (χ1v) is 5.10. The van der Waals surface area contributed by atoms with E-state index in [-0.39, 0.29) is 0 Å². The average Bonchev–Trinajstić information content (AvgIpc) is 2.83. The molecule has 4 nitrogen and oxygen atoms in total. The van der Waals surface area contributed by atoms with Gasteiger partial charge in [0.2, 0.25) is 0 Å². The second-order valence-corrected chi connectivity index (χ2v) is 3.83. The van der Waals surface area contributed by atoms with Gasteiger partial charge in [0, 0.05) is 12.3 Å². The van der Waals surface area contributed by atoms with Crippen LogP contribution in [0.3, 0.4) is 0 Å². The molecule has 0 aromatic carbocycles. The van der Waals surface area contributed by atoms with E-state index >= 15 is 0 Å². The van der Waals surface area contributed by atoms with Crippen molar-refractivity contribution in [1.29, 1.82) is 0 Å².